The van der Waals surface area contributed by atoms with Crippen LogP contribution in [0.25, 0.3) is 11.4 Å². The van der Waals surface area contributed by atoms with E-state index in [-0.39, 0.29) is 30.3 Å². The van der Waals surface area contributed by atoms with E-state index in [0.717, 1.165) is 5.56 Å². The molecule has 0 saturated carbocycles. The second kappa shape index (κ2) is 12.4. The summed E-state index contributed by atoms with van der Waals surface area (Å²) in [6.45, 7) is 4.88. The maximum atomic E-state index is 14.7. The van der Waals surface area contributed by atoms with E-state index >= 15 is 0 Å². The first-order valence-corrected chi connectivity index (χ1v) is 12.2. The summed E-state index contributed by atoms with van der Waals surface area (Å²) in [6.07, 6.45) is -1.09. The minimum Gasteiger partial charge on any atom is -0.384 e. The molecular weight excluding hydrogens is 488 g/mol. The van der Waals surface area contributed by atoms with Crippen molar-refractivity contribution < 1.29 is 18.7 Å². The third-order valence-electron chi connectivity index (χ3n) is 5.86. The van der Waals surface area contributed by atoms with Crippen LogP contribution in [0.15, 0.2) is 48.5 Å². The van der Waals surface area contributed by atoms with Gasteiger partial charge in [0.2, 0.25) is 0 Å². The number of rotatable bonds is 11. The van der Waals surface area contributed by atoms with Crippen molar-refractivity contribution in [1.82, 2.24) is 19.7 Å². The average molecular weight is 520 g/mol. The summed E-state index contributed by atoms with van der Waals surface area (Å²) in [5.41, 5.74) is 6.85. The highest BCUT2D eigenvalue weighted by molar-refractivity contribution is 6.30. The van der Waals surface area contributed by atoms with Gasteiger partial charge in [-0.1, -0.05) is 55.8 Å². The molecule has 10 heteroatoms. The number of aromatic nitrogens is 3. The lowest BCUT2D eigenvalue weighted by atomic mass is 9.99. The molecule has 1 unspecified atom stereocenters. The molecule has 1 amide bonds. The van der Waals surface area contributed by atoms with Crippen LogP contribution in [-0.4, -0.2) is 56.0 Å². The fourth-order valence-electron chi connectivity index (χ4n) is 4.03. The van der Waals surface area contributed by atoms with Crippen molar-refractivity contribution in [2.45, 2.75) is 51.9 Å². The molecule has 1 aromatic heterocycles. The Hall–Kier alpha value is -2.88. The van der Waals surface area contributed by atoms with Gasteiger partial charge in [0.1, 0.15) is 18.6 Å². The third-order valence-corrected chi connectivity index (χ3v) is 6.09. The van der Waals surface area contributed by atoms with Gasteiger partial charge < -0.3 is 15.7 Å². The molecule has 0 aliphatic rings. The van der Waals surface area contributed by atoms with Crippen LogP contribution in [0.2, 0.25) is 5.02 Å². The number of nitrogens with zero attached hydrogens (tertiary/aromatic N) is 4. The van der Waals surface area contributed by atoms with E-state index in [0.29, 0.717) is 17.4 Å². The highest BCUT2D eigenvalue weighted by atomic mass is 35.5. The van der Waals surface area contributed by atoms with E-state index in [1.165, 1.54) is 30.0 Å². The monoisotopic (exact) mass is 519 g/mol. The van der Waals surface area contributed by atoms with Gasteiger partial charge in [-0.05, 0) is 43.0 Å². The largest absolute Gasteiger partial charge is 0.384 e. The second-order valence-electron chi connectivity index (χ2n) is 9.16. The molecule has 3 atom stereocenters. The lowest BCUT2D eigenvalue weighted by molar-refractivity contribution is -0.143. The van der Waals surface area contributed by atoms with Gasteiger partial charge in [-0.25, -0.2) is 18.4 Å². The van der Waals surface area contributed by atoms with Crippen LogP contribution in [0, 0.1) is 11.7 Å². The van der Waals surface area contributed by atoms with Crippen LogP contribution in [-0.2, 0) is 11.3 Å². The molecule has 194 valence electrons. The van der Waals surface area contributed by atoms with Crippen molar-refractivity contribution >= 4 is 17.5 Å². The summed E-state index contributed by atoms with van der Waals surface area (Å²) < 4.78 is 29.5. The van der Waals surface area contributed by atoms with Gasteiger partial charge >= 0.3 is 0 Å². The smallest absolute Gasteiger partial charge is 0.251 e. The summed E-state index contributed by atoms with van der Waals surface area (Å²) in [7, 11) is 0. The highest BCUT2D eigenvalue weighted by Crippen LogP contribution is 2.32. The van der Waals surface area contributed by atoms with Gasteiger partial charge in [0.05, 0.1) is 18.2 Å². The summed E-state index contributed by atoms with van der Waals surface area (Å²) in [6, 6.07) is 12.3. The van der Waals surface area contributed by atoms with Crippen LogP contribution >= 0.6 is 11.6 Å². The normalized spacial score (nSPS) is 14.0. The number of amides is 1. The second-order valence-corrected chi connectivity index (χ2v) is 9.60. The standard InChI is InChI=1S/C26H32ClF2N5O2/c1-16(2)23(33(26(36)17(3)35)12-11-20(30)14-28)25-31-24(21-13-19(27)9-10-22(21)29)32-34(25)15-18-7-5-4-6-8-18/h4-10,13,16-17,20,23,35H,11-12,14-15,30H2,1-3H3/t17-,20-,23?/m0/s1. The molecule has 1 heterocycles. The Morgan fingerprint density at radius 3 is 2.50 bits per heavy atom. The van der Waals surface area contributed by atoms with Gasteiger partial charge in [0.25, 0.3) is 5.91 Å². The average Bonchev–Trinajstić information content (AvgIpc) is 3.25. The van der Waals surface area contributed by atoms with Crippen LogP contribution in [0.4, 0.5) is 8.78 Å². The van der Waals surface area contributed by atoms with Gasteiger partial charge in [-0.3, -0.25) is 4.79 Å². The number of carbonyl (C=O) groups is 1. The maximum absolute atomic E-state index is 14.7. The number of hydrogen-bond acceptors (Lipinski definition) is 5. The van der Waals surface area contributed by atoms with Crippen molar-refractivity contribution in [3.05, 3.63) is 70.8 Å². The first-order valence-electron chi connectivity index (χ1n) is 11.9. The van der Waals surface area contributed by atoms with Crippen LogP contribution in [0.3, 0.4) is 0 Å². The lowest BCUT2D eigenvalue weighted by Gasteiger charge is -2.35. The fourth-order valence-corrected chi connectivity index (χ4v) is 4.21. The molecule has 3 rings (SSSR count). The molecule has 0 fully saturated rings. The number of nitrogens with two attached hydrogens (primary N) is 1. The molecule has 0 saturated heterocycles. The number of carbonyl (C=O) groups excluding carboxylic acids is 1. The number of benzene rings is 2. The molecule has 7 nitrogen and oxygen atoms in total. The van der Waals surface area contributed by atoms with E-state index in [9.17, 15) is 18.7 Å². The number of halogens is 3. The number of hydrogen-bond donors (Lipinski definition) is 2. The number of aliphatic hydroxyl groups excluding tert-OH is 1. The first-order chi connectivity index (χ1) is 17.1. The zero-order valence-corrected chi connectivity index (χ0v) is 21.4. The van der Waals surface area contributed by atoms with Gasteiger partial charge in [-0.15, -0.1) is 0 Å². The summed E-state index contributed by atoms with van der Waals surface area (Å²) >= 11 is 6.12. The summed E-state index contributed by atoms with van der Waals surface area (Å²) in [4.78, 5) is 19.3. The zero-order valence-electron chi connectivity index (χ0n) is 20.6. The zero-order chi connectivity index (χ0) is 26.4. The van der Waals surface area contributed by atoms with E-state index in [1.807, 2.05) is 44.2 Å². The van der Waals surface area contributed by atoms with E-state index < -0.39 is 36.6 Å². The van der Waals surface area contributed by atoms with Crippen molar-refractivity contribution in [2.24, 2.45) is 11.7 Å². The van der Waals surface area contributed by atoms with E-state index in [2.05, 4.69) is 10.1 Å². The molecule has 2 aromatic carbocycles. The van der Waals surface area contributed by atoms with E-state index in [1.54, 1.807) is 4.68 Å². The van der Waals surface area contributed by atoms with Gasteiger partial charge in [0.15, 0.2) is 11.6 Å². The van der Waals surface area contributed by atoms with Crippen molar-refractivity contribution in [1.29, 1.82) is 0 Å². The SMILES string of the molecule is CC(C)C(c1nc(-c2cc(Cl)ccc2F)nn1Cc1ccccc1)N(CC[C@H](N)CF)C(=O)[C@H](C)O. The Bertz CT molecular complexity index is 1160. The van der Waals surface area contributed by atoms with Crippen molar-refractivity contribution in [3.63, 3.8) is 0 Å². The minimum absolute atomic E-state index is 0.108. The van der Waals surface area contributed by atoms with Gasteiger partial charge in [-0.2, -0.15) is 5.10 Å². The molecule has 3 N–H and O–H groups in total. The minimum atomic E-state index is -1.29. The summed E-state index contributed by atoms with van der Waals surface area (Å²) in [5.74, 6) is -0.716. The third kappa shape index (κ3) is 6.66. The lowest BCUT2D eigenvalue weighted by Crippen LogP contribution is -2.45. The molecular formula is C26H32ClF2N5O2. The molecule has 0 spiro atoms. The predicted molar refractivity (Wildman–Crippen MR) is 136 cm³/mol. The Balaban J connectivity index is 2.15. The molecule has 0 bridgehead atoms. The summed E-state index contributed by atoms with van der Waals surface area (Å²) in [5, 5.41) is 15.1. The number of aliphatic hydroxyl groups is 1. The molecule has 36 heavy (non-hydrogen) atoms. The maximum Gasteiger partial charge on any atom is 0.251 e. The molecule has 3 aromatic rings. The Kier molecular flexibility index (Phi) is 9.53. The van der Waals surface area contributed by atoms with Crippen LogP contribution in [0.1, 0.15) is 44.6 Å². The Labute approximate surface area is 214 Å². The molecule has 0 aliphatic carbocycles. The number of alkyl halides is 1. The quantitative estimate of drug-likeness (QED) is 0.392. The predicted octanol–water partition coefficient (Wildman–Crippen LogP) is 4.38. The molecule has 0 radical (unpaired) electrons. The van der Waals surface area contributed by atoms with Gasteiger partial charge in [0, 0.05) is 17.6 Å². The molecule has 0 aliphatic heterocycles. The highest BCUT2D eigenvalue weighted by Gasteiger charge is 2.34. The van der Waals surface area contributed by atoms with Crippen LogP contribution in [0.5, 0.6) is 0 Å². The Morgan fingerprint density at radius 1 is 1.19 bits per heavy atom. The van der Waals surface area contributed by atoms with E-state index in [4.69, 9.17) is 17.3 Å². The van der Waals surface area contributed by atoms with Crippen molar-refractivity contribution in [3.8, 4) is 11.4 Å². The first kappa shape index (κ1) is 27.7. The van der Waals surface area contributed by atoms with Crippen LogP contribution < -0.4 is 5.73 Å². The fraction of sp³-hybridized carbons (Fsp3) is 0.423. The topological polar surface area (TPSA) is 97.3 Å². The van der Waals surface area contributed by atoms with Crippen molar-refractivity contribution in [2.75, 3.05) is 13.2 Å². The Morgan fingerprint density at radius 2 is 1.89 bits per heavy atom.